The summed E-state index contributed by atoms with van der Waals surface area (Å²) in [5.74, 6) is 0.426. The smallest absolute Gasteiger partial charge is 0.166 e. The van der Waals surface area contributed by atoms with Gasteiger partial charge in [0, 0.05) is 0 Å². The first-order chi connectivity index (χ1) is 6.48. The largest absolute Gasteiger partial charge is 0.417 e. The molecule has 1 aliphatic carbocycles. The Hall–Kier alpha value is -0.700. The Kier molecular flexibility index (Phi) is 2.22. The maximum atomic E-state index is 12.3. The summed E-state index contributed by atoms with van der Waals surface area (Å²) in [6.07, 6.45) is -2.23. The van der Waals surface area contributed by atoms with E-state index in [2.05, 4.69) is 0 Å². The molecule has 1 aliphatic rings. The molecule has 1 aromatic rings. The van der Waals surface area contributed by atoms with Crippen molar-refractivity contribution in [2.24, 2.45) is 0 Å². The molecule has 0 heterocycles. The topological polar surface area (TPSA) is 0 Å². The molecule has 0 aliphatic heterocycles. The molecule has 0 atom stereocenters. The van der Waals surface area contributed by atoms with Gasteiger partial charge < -0.3 is 0 Å². The summed E-state index contributed by atoms with van der Waals surface area (Å²) in [4.78, 5) is 0. The van der Waals surface area contributed by atoms with E-state index in [1.54, 1.807) is 0 Å². The number of halogens is 4. The fraction of sp³-hybridized carbons (Fsp3) is 0.400. The first-order valence-corrected chi connectivity index (χ1v) is 4.73. The van der Waals surface area contributed by atoms with E-state index >= 15 is 0 Å². The van der Waals surface area contributed by atoms with Gasteiger partial charge in [0.05, 0.1) is 10.6 Å². The minimum Gasteiger partial charge on any atom is -0.166 e. The second-order valence-electron chi connectivity index (χ2n) is 3.51. The summed E-state index contributed by atoms with van der Waals surface area (Å²) in [5, 5.41) is -0.193. The van der Waals surface area contributed by atoms with Gasteiger partial charge in [-0.1, -0.05) is 17.7 Å². The van der Waals surface area contributed by atoms with Gasteiger partial charge in [0.25, 0.3) is 0 Å². The zero-order valence-electron chi connectivity index (χ0n) is 7.24. The zero-order valence-corrected chi connectivity index (χ0v) is 7.99. The van der Waals surface area contributed by atoms with E-state index in [9.17, 15) is 13.2 Å². The zero-order chi connectivity index (χ0) is 10.3. The standard InChI is InChI=1S/C10H8ClF3/c11-9-5-7(6-1-2-6)3-4-8(9)10(12,13)14/h3-6H,1-2H2. The van der Waals surface area contributed by atoms with Crippen LogP contribution in [0.4, 0.5) is 13.2 Å². The molecule has 0 nitrogen and oxygen atoms in total. The van der Waals surface area contributed by atoms with Gasteiger partial charge >= 0.3 is 6.18 Å². The maximum Gasteiger partial charge on any atom is 0.417 e. The van der Waals surface area contributed by atoms with Gasteiger partial charge in [-0.25, -0.2) is 0 Å². The Bertz CT molecular complexity index is 353. The van der Waals surface area contributed by atoms with Gasteiger partial charge in [0.1, 0.15) is 0 Å². The third-order valence-corrected chi connectivity index (χ3v) is 2.66. The molecular weight excluding hydrogens is 213 g/mol. The van der Waals surface area contributed by atoms with Crippen LogP contribution < -0.4 is 0 Å². The third kappa shape index (κ3) is 1.87. The Balaban J connectivity index is 2.35. The van der Waals surface area contributed by atoms with E-state index in [1.165, 1.54) is 12.1 Å². The summed E-state index contributed by atoms with van der Waals surface area (Å²) >= 11 is 5.57. The number of hydrogen-bond donors (Lipinski definition) is 0. The summed E-state index contributed by atoms with van der Waals surface area (Å²) < 4.78 is 36.9. The average molecular weight is 221 g/mol. The van der Waals surface area contributed by atoms with Crippen LogP contribution in [-0.4, -0.2) is 0 Å². The number of rotatable bonds is 1. The highest BCUT2D eigenvalue weighted by molar-refractivity contribution is 6.31. The van der Waals surface area contributed by atoms with Gasteiger partial charge in [-0.15, -0.1) is 0 Å². The Morgan fingerprint density at radius 2 is 1.86 bits per heavy atom. The van der Waals surface area contributed by atoms with E-state index in [4.69, 9.17) is 11.6 Å². The molecule has 0 amide bonds. The molecule has 2 rings (SSSR count). The molecule has 0 unspecified atom stereocenters. The summed E-state index contributed by atoms with van der Waals surface area (Å²) in [6, 6.07) is 4.02. The highest BCUT2D eigenvalue weighted by Crippen LogP contribution is 2.43. The van der Waals surface area contributed by atoms with Crippen molar-refractivity contribution >= 4 is 11.6 Å². The fourth-order valence-corrected chi connectivity index (χ4v) is 1.73. The van der Waals surface area contributed by atoms with Crippen molar-refractivity contribution in [2.45, 2.75) is 24.9 Å². The van der Waals surface area contributed by atoms with Crippen molar-refractivity contribution < 1.29 is 13.2 Å². The number of alkyl halides is 3. The van der Waals surface area contributed by atoms with E-state index in [0.29, 0.717) is 5.92 Å². The lowest BCUT2D eigenvalue weighted by atomic mass is 10.1. The summed E-state index contributed by atoms with van der Waals surface area (Å²) in [5.41, 5.74) is 0.173. The van der Waals surface area contributed by atoms with Crippen LogP contribution in [0, 0.1) is 0 Å². The fourth-order valence-electron chi connectivity index (χ4n) is 1.43. The van der Waals surface area contributed by atoms with E-state index in [1.807, 2.05) is 0 Å². The van der Waals surface area contributed by atoms with Gasteiger partial charge in [0.15, 0.2) is 0 Å². The van der Waals surface area contributed by atoms with Gasteiger partial charge in [-0.3, -0.25) is 0 Å². The normalized spacial score (nSPS) is 17.1. The quantitative estimate of drug-likeness (QED) is 0.664. The average Bonchev–Trinajstić information content (AvgIpc) is 2.83. The second kappa shape index (κ2) is 3.16. The summed E-state index contributed by atoms with van der Waals surface area (Å²) in [6.45, 7) is 0. The Morgan fingerprint density at radius 1 is 1.21 bits per heavy atom. The predicted octanol–water partition coefficient (Wildman–Crippen LogP) is 4.24. The molecule has 0 bridgehead atoms. The van der Waals surface area contributed by atoms with Crippen molar-refractivity contribution in [3.8, 4) is 0 Å². The predicted molar refractivity (Wildman–Crippen MR) is 48.4 cm³/mol. The molecule has 1 saturated carbocycles. The molecule has 76 valence electrons. The molecule has 1 aromatic carbocycles. The van der Waals surface area contributed by atoms with Crippen LogP contribution in [0.2, 0.25) is 5.02 Å². The Morgan fingerprint density at radius 3 is 2.29 bits per heavy atom. The van der Waals surface area contributed by atoms with Crippen LogP contribution in [0.25, 0.3) is 0 Å². The Labute approximate surface area is 84.7 Å². The second-order valence-corrected chi connectivity index (χ2v) is 3.92. The van der Waals surface area contributed by atoms with Crippen molar-refractivity contribution in [3.05, 3.63) is 34.3 Å². The van der Waals surface area contributed by atoms with Gasteiger partial charge in [0.2, 0.25) is 0 Å². The first-order valence-electron chi connectivity index (χ1n) is 4.35. The van der Waals surface area contributed by atoms with Crippen molar-refractivity contribution in [2.75, 3.05) is 0 Å². The first kappa shape index (κ1) is 9.84. The number of benzene rings is 1. The van der Waals surface area contributed by atoms with Crippen molar-refractivity contribution in [3.63, 3.8) is 0 Å². The van der Waals surface area contributed by atoms with E-state index in [0.717, 1.165) is 24.5 Å². The molecule has 0 N–H and O–H groups in total. The van der Waals surface area contributed by atoms with Crippen LogP contribution in [0.1, 0.15) is 29.9 Å². The van der Waals surface area contributed by atoms with E-state index < -0.39 is 11.7 Å². The van der Waals surface area contributed by atoms with Gasteiger partial charge in [-0.05, 0) is 36.5 Å². The minimum atomic E-state index is -4.35. The minimum absolute atomic E-state index is 0.193. The monoisotopic (exact) mass is 220 g/mol. The highest BCUT2D eigenvalue weighted by atomic mass is 35.5. The molecule has 1 fully saturated rings. The molecule has 0 aromatic heterocycles. The van der Waals surface area contributed by atoms with Crippen LogP contribution in [0.5, 0.6) is 0 Å². The highest BCUT2D eigenvalue weighted by Gasteiger charge is 2.34. The van der Waals surface area contributed by atoms with Crippen LogP contribution in [0.3, 0.4) is 0 Å². The molecule has 14 heavy (non-hydrogen) atoms. The lowest BCUT2D eigenvalue weighted by Gasteiger charge is -2.09. The third-order valence-electron chi connectivity index (χ3n) is 2.35. The molecule has 0 saturated heterocycles. The summed E-state index contributed by atoms with van der Waals surface area (Å²) in [7, 11) is 0. The molecule has 4 heteroatoms. The van der Waals surface area contributed by atoms with Crippen LogP contribution in [0.15, 0.2) is 18.2 Å². The van der Waals surface area contributed by atoms with Crippen LogP contribution in [-0.2, 0) is 6.18 Å². The number of hydrogen-bond acceptors (Lipinski definition) is 0. The lowest BCUT2D eigenvalue weighted by molar-refractivity contribution is -0.137. The molecular formula is C10H8ClF3. The van der Waals surface area contributed by atoms with Gasteiger partial charge in [-0.2, -0.15) is 13.2 Å². The SMILES string of the molecule is FC(F)(F)c1ccc(C2CC2)cc1Cl. The van der Waals surface area contributed by atoms with Crippen LogP contribution >= 0.6 is 11.6 Å². The molecule has 0 spiro atoms. The lowest BCUT2D eigenvalue weighted by Crippen LogP contribution is -2.05. The van der Waals surface area contributed by atoms with Crippen molar-refractivity contribution in [1.29, 1.82) is 0 Å². The molecule has 0 radical (unpaired) electrons. The van der Waals surface area contributed by atoms with Crippen molar-refractivity contribution in [1.82, 2.24) is 0 Å². The maximum absolute atomic E-state index is 12.3. The van der Waals surface area contributed by atoms with E-state index in [-0.39, 0.29) is 5.02 Å².